The smallest absolute Gasteiger partial charge is 0.401 e. The van der Waals surface area contributed by atoms with Crippen LogP contribution in [0.5, 0.6) is 0 Å². The van der Waals surface area contributed by atoms with Gasteiger partial charge in [0.2, 0.25) is 0 Å². The number of carbonyl (C=O) groups is 3. The molecule has 0 spiro atoms. The zero-order chi connectivity index (χ0) is 15.7. The maximum absolute atomic E-state index is 11.6. The minimum atomic E-state index is -1.36. The van der Waals surface area contributed by atoms with Crippen molar-refractivity contribution in [1.29, 1.82) is 0 Å². The van der Waals surface area contributed by atoms with Gasteiger partial charge < -0.3 is 14.9 Å². The summed E-state index contributed by atoms with van der Waals surface area (Å²) in [5.74, 6) is -1.51. The Bertz CT molecular complexity index is 494. The Morgan fingerprint density at radius 1 is 1.20 bits per heavy atom. The summed E-state index contributed by atoms with van der Waals surface area (Å²) in [6.07, 6.45) is 0.739. The number of aromatic carboxylic acids is 1. The van der Waals surface area contributed by atoms with Crippen molar-refractivity contribution in [3.63, 3.8) is 0 Å². The van der Waals surface area contributed by atoms with Crippen LogP contribution in [0.4, 0.5) is 4.79 Å². The first-order chi connectivity index (χ1) is 9.31. The Morgan fingerprint density at radius 2 is 1.70 bits per heavy atom. The molecular formula is C13H15ClO6. The summed E-state index contributed by atoms with van der Waals surface area (Å²) in [5, 5.41) is 16.1. The lowest BCUT2D eigenvalue weighted by molar-refractivity contribution is 0.0504. The van der Waals surface area contributed by atoms with Gasteiger partial charge in [0.1, 0.15) is 0 Å². The summed E-state index contributed by atoms with van der Waals surface area (Å²) in [5.41, 5.74) is -0.476. The molecule has 6 nitrogen and oxygen atoms in total. The molecule has 0 aliphatic heterocycles. The van der Waals surface area contributed by atoms with Gasteiger partial charge in [-0.25, -0.2) is 14.4 Å². The Kier molecular flexibility index (Phi) is 8.00. The van der Waals surface area contributed by atoms with Gasteiger partial charge in [0.25, 0.3) is 0 Å². The lowest BCUT2D eigenvalue weighted by atomic mass is 10.0. The zero-order valence-electron chi connectivity index (χ0n) is 11.1. The van der Waals surface area contributed by atoms with Crippen LogP contribution in [0.3, 0.4) is 0 Å². The van der Waals surface area contributed by atoms with E-state index in [4.69, 9.17) is 19.7 Å². The maximum Gasteiger partial charge on any atom is 0.401 e. The van der Waals surface area contributed by atoms with E-state index in [1.54, 1.807) is 19.1 Å². The number of halogens is 1. The third-order valence-electron chi connectivity index (χ3n) is 2.22. The van der Waals surface area contributed by atoms with E-state index in [0.717, 1.165) is 6.42 Å². The number of benzene rings is 1. The van der Waals surface area contributed by atoms with Crippen LogP contribution >= 0.6 is 11.6 Å². The van der Waals surface area contributed by atoms with Crippen molar-refractivity contribution >= 4 is 29.0 Å². The van der Waals surface area contributed by atoms with E-state index in [9.17, 15) is 9.59 Å². The van der Waals surface area contributed by atoms with Gasteiger partial charge in [-0.3, -0.25) is 0 Å². The van der Waals surface area contributed by atoms with E-state index in [1.165, 1.54) is 6.07 Å². The lowest BCUT2D eigenvalue weighted by Gasteiger charge is -2.08. The van der Waals surface area contributed by atoms with Gasteiger partial charge in [0.15, 0.2) is 0 Å². The second-order valence-corrected chi connectivity index (χ2v) is 4.00. The highest BCUT2D eigenvalue weighted by atomic mass is 35.5. The normalized spacial score (nSPS) is 9.15. The molecule has 0 unspecified atom stereocenters. The predicted octanol–water partition coefficient (Wildman–Crippen LogP) is 3.16. The van der Waals surface area contributed by atoms with Gasteiger partial charge in [-0.15, -0.1) is 0 Å². The molecule has 0 bridgehead atoms. The van der Waals surface area contributed by atoms with E-state index >= 15 is 0 Å². The molecule has 20 heavy (non-hydrogen) atoms. The summed E-state index contributed by atoms with van der Waals surface area (Å²) < 4.78 is 4.96. The summed E-state index contributed by atoms with van der Waals surface area (Å²) in [7, 11) is 0. The van der Waals surface area contributed by atoms with Crippen molar-refractivity contribution in [2.45, 2.75) is 20.3 Å². The minimum Gasteiger partial charge on any atom is -0.478 e. The molecule has 1 aromatic carbocycles. The van der Waals surface area contributed by atoms with E-state index in [-0.39, 0.29) is 5.56 Å². The predicted molar refractivity (Wildman–Crippen MR) is 72.6 cm³/mol. The number of hydrogen-bond donors (Lipinski definition) is 2. The number of carbonyl (C=O) groups excluding carboxylic acids is 1. The standard InChI is InChI=1S/C12H14O4.CHClO2/c1-3-7-16-12(15)10-6-4-5-9(8(10)2)11(13)14;2-1(3)4/h4-6H,3,7H2,1-2H3,(H,13,14);(H,3,4). The van der Waals surface area contributed by atoms with Gasteiger partial charge in [0, 0.05) is 11.6 Å². The highest BCUT2D eigenvalue weighted by Crippen LogP contribution is 2.15. The molecule has 0 aromatic heterocycles. The SMILES string of the molecule is CCCOC(=O)c1cccc(C(=O)O)c1C.O=C(O)Cl. The van der Waals surface area contributed by atoms with Gasteiger partial charge in [-0.1, -0.05) is 13.0 Å². The number of carboxylic acids is 1. The van der Waals surface area contributed by atoms with E-state index in [0.29, 0.717) is 17.7 Å². The average molecular weight is 303 g/mol. The lowest BCUT2D eigenvalue weighted by Crippen LogP contribution is -2.10. The van der Waals surface area contributed by atoms with Gasteiger partial charge in [-0.2, -0.15) is 0 Å². The van der Waals surface area contributed by atoms with Crippen LogP contribution in [-0.4, -0.2) is 34.2 Å². The molecule has 0 fully saturated rings. The summed E-state index contributed by atoms with van der Waals surface area (Å²) in [6.45, 7) is 3.84. The van der Waals surface area contributed by atoms with Crippen LogP contribution in [0.15, 0.2) is 18.2 Å². The van der Waals surface area contributed by atoms with Crippen LogP contribution < -0.4 is 0 Å². The van der Waals surface area contributed by atoms with Crippen molar-refractivity contribution in [3.05, 3.63) is 34.9 Å². The van der Waals surface area contributed by atoms with Crippen LogP contribution in [0, 0.1) is 6.92 Å². The molecule has 0 saturated heterocycles. The average Bonchev–Trinajstić information content (AvgIpc) is 2.35. The monoisotopic (exact) mass is 302 g/mol. The third kappa shape index (κ3) is 6.19. The number of rotatable bonds is 4. The summed E-state index contributed by atoms with van der Waals surface area (Å²) >= 11 is 4.19. The van der Waals surface area contributed by atoms with E-state index < -0.39 is 17.4 Å². The molecule has 0 aliphatic carbocycles. The fraction of sp³-hybridized carbons (Fsp3) is 0.308. The topological polar surface area (TPSA) is 101 Å². The molecule has 0 atom stereocenters. The Balaban J connectivity index is 0.000000796. The second kappa shape index (κ2) is 8.92. The van der Waals surface area contributed by atoms with Crippen molar-refractivity contribution < 1.29 is 29.3 Å². The molecule has 0 saturated carbocycles. The largest absolute Gasteiger partial charge is 0.478 e. The first-order valence-corrected chi connectivity index (χ1v) is 6.07. The molecule has 0 amide bonds. The van der Waals surface area contributed by atoms with Gasteiger partial charge in [0.05, 0.1) is 17.7 Å². The van der Waals surface area contributed by atoms with Crippen LogP contribution in [0.1, 0.15) is 39.6 Å². The van der Waals surface area contributed by atoms with Crippen LogP contribution in [0.2, 0.25) is 0 Å². The van der Waals surface area contributed by atoms with Gasteiger partial charge in [-0.05, 0) is 31.0 Å². The van der Waals surface area contributed by atoms with Gasteiger partial charge >= 0.3 is 17.4 Å². The number of esters is 1. The number of ether oxygens (including phenoxy) is 1. The third-order valence-corrected chi connectivity index (χ3v) is 2.22. The molecule has 0 radical (unpaired) electrons. The fourth-order valence-electron chi connectivity index (χ4n) is 1.36. The molecule has 110 valence electrons. The van der Waals surface area contributed by atoms with Crippen molar-refractivity contribution in [2.75, 3.05) is 6.61 Å². The highest BCUT2D eigenvalue weighted by Gasteiger charge is 2.15. The van der Waals surface area contributed by atoms with E-state index in [1.807, 2.05) is 6.92 Å². The van der Waals surface area contributed by atoms with E-state index in [2.05, 4.69) is 11.6 Å². The highest BCUT2D eigenvalue weighted by molar-refractivity contribution is 6.60. The molecular weight excluding hydrogens is 288 g/mol. The molecule has 0 heterocycles. The molecule has 1 rings (SSSR count). The minimum absolute atomic E-state index is 0.131. The Morgan fingerprint density at radius 3 is 2.15 bits per heavy atom. The molecule has 2 N–H and O–H groups in total. The van der Waals surface area contributed by atoms with Crippen LogP contribution in [0.25, 0.3) is 0 Å². The second-order valence-electron chi connectivity index (χ2n) is 3.67. The Hall–Kier alpha value is -2.08. The number of carboxylic acid groups (broad SMARTS) is 2. The molecule has 7 heteroatoms. The van der Waals surface area contributed by atoms with Crippen molar-refractivity contribution in [3.8, 4) is 0 Å². The van der Waals surface area contributed by atoms with Crippen molar-refractivity contribution in [2.24, 2.45) is 0 Å². The maximum atomic E-state index is 11.6. The Labute approximate surface area is 120 Å². The summed E-state index contributed by atoms with van der Waals surface area (Å²) in [6, 6.07) is 4.58. The quantitative estimate of drug-likeness (QED) is 0.654. The number of hydrogen-bond acceptors (Lipinski definition) is 4. The molecule has 1 aromatic rings. The summed E-state index contributed by atoms with van der Waals surface area (Å²) in [4.78, 5) is 31.2. The first kappa shape index (κ1) is 17.9. The van der Waals surface area contributed by atoms with Crippen molar-refractivity contribution in [1.82, 2.24) is 0 Å². The first-order valence-electron chi connectivity index (χ1n) is 5.69. The fourth-order valence-corrected chi connectivity index (χ4v) is 1.36. The molecule has 0 aliphatic rings. The zero-order valence-corrected chi connectivity index (χ0v) is 11.8. The van der Waals surface area contributed by atoms with Crippen LogP contribution in [-0.2, 0) is 4.74 Å².